The Morgan fingerprint density at radius 2 is 2.20 bits per heavy atom. The van der Waals surface area contributed by atoms with Gasteiger partial charge in [-0.25, -0.2) is 0 Å². The van der Waals surface area contributed by atoms with Crippen LogP contribution in [0.25, 0.3) is 0 Å². The standard InChI is InChI=1S/C2H4O2.Os/c1-2(3)4;/h1H3,(H,3,4);/q;+1/p-1. The SMILES string of the molecule is CC(=O)[O][Os]. The second-order valence-electron chi connectivity index (χ2n) is 0.564. The molecule has 0 aliphatic carbocycles. The van der Waals surface area contributed by atoms with E-state index in [2.05, 4.69) is 3.53 Å². The van der Waals surface area contributed by atoms with Gasteiger partial charge in [-0.3, -0.25) is 0 Å². The second-order valence-corrected chi connectivity index (χ2v) is 1.08. The minimum absolute atomic E-state index is 0.233. The van der Waals surface area contributed by atoms with Gasteiger partial charge in [0.05, 0.1) is 0 Å². The molecule has 0 aromatic rings. The number of hydrogen-bond donors (Lipinski definition) is 0. The third-order valence-electron chi connectivity index (χ3n) is 0.102. The molecule has 0 saturated carbocycles. The third kappa shape index (κ3) is 4.11. The van der Waals surface area contributed by atoms with E-state index in [1.54, 1.807) is 0 Å². The van der Waals surface area contributed by atoms with E-state index in [4.69, 9.17) is 0 Å². The summed E-state index contributed by atoms with van der Waals surface area (Å²) in [5.41, 5.74) is 0. The number of hydrogen-bond acceptors (Lipinski definition) is 2. The van der Waals surface area contributed by atoms with Crippen LogP contribution in [0.2, 0.25) is 0 Å². The van der Waals surface area contributed by atoms with Crippen molar-refractivity contribution in [3.63, 3.8) is 0 Å². The molecule has 3 heteroatoms. The maximum atomic E-state index is 9.60. The summed E-state index contributed by atoms with van der Waals surface area (Å²) in [7, 11) is 0. The molecule has 0 bridgehead atoms. The summed E-state index contributed by atoms with van der Waals surface area (Å²) in [5, 5.41) is 0. The van der Waals surface area contributed by atoms with Crippen LogP contribution in [0.5, 0.6) is 0 Å². The van der Waals surface area contributed by atoms with Crippen LogP contribution in [0.15, 0.2) is 0 Å². The average molecular weight is 249 g/mol. The molecule has 0 atom stereocenters. The molecule has 0 fully saturated rings. The minimum atomic E-state index is -0.233. The Hall–Kier alpha value is 0.106. The zero-order chi connectivity index (χ0) is 4.28. The Morgan fingerprint density at radius 1 is 2.00 bits per heavy atom. The molecule has 0 aliphatic rings. The van der Waals surface area contributed by atoms with Gasteiger partial charge in [-0.2, -0.15) is 0 Å². The van der Waals surface area contributed by atoms with Gasteiger partial charge < -0.3 is 0 Å². The molecule has 0 saturated heterocycles. The van der Waals surface area contributed by atoms with Crippen molar-refractivity contribution >= 4 is 5.97 Å². The summed E-state index contributed by atoms with van der Waals surface area (Å²) in [6, 6.07) is 0. The van der Waals surface area contributed by atoms with Gasteiger partial charge in [0.25, 0.3) is 0 Å². The van der Waals surface area contributed by atoms with Crippen LogP contribution >= 0.6 is 0 Å². The average Bonchev–Trinajstić information content (AvgIpc) is 1.38. The number of carbonyl (C=O) groups is 1. The zero-order valence-electron chi connectivity index (χ0n) is 2.67. The van der Waals surface area contributed by atoms with Crippen LogP contribution in [-0.2, 0) is 27.3 Å². The molecular formula is C2H3O2Os. The number of carbonyl (C=O) groups excluding carboxylic acids is 1. The van der Waals surface area contributed by atoms with E-state index in [9.17, 15) is 4.79 Å². The van der Waals surface area contributed by atoms with E-state index in [1.165, 1.54) is 25.9 Å². The van der Waals surface area contributed by atoms with Gasteiger partial charge in [-0.1, -0.05) is 0 Å². The zero-order valence-corrected chi connectivity index (χ0v) is 5.21. The molecule has 0 heterocycles. The molecule has 0 aliphatic heterocycles. The van der Waals surface area contributed by atoms with Crippen molar-refractivity contribution in [2.24, 2.45) is 0 Å². The molecule has 0 radical (unpaired) electrons. The van der Waals surface area contributed by atoms with Crippen LogP contribution in [-0.4, -0.2) is 5.97 Å². The van der Waals surface area contributed by atoms with Crippen LogP contribution in [0, 0.1) is 0 Å². The Balaban J connectivity index is 2.85. The van der Waals surface area contributed by atoms with Gasteiger partial charge in [-0.15, -0.1) is 0 Å². The molecule has 5 heavy (non-hydrogen) atoms. The van der Waals surface area contributed by atoms with Crippen molar-refractivity contribution in [1.29, 1.82) is 0 Å². The Labute approximate surface area is 40.8 Å². The topological polar surface area (TPSA) is 26.3 Å². The van der Waals surface area contributed by atoms with E-state index in [0.29, 0.717) is 0 Å². The van der Waals surface area contributed by atoms with Gasteiger partial charge in [-0.05, 0) is 0 Å². The molecule has 0 aromatic carbocycles. The fraction of sp³-hybridized carbons (Fsp3) is 0.500. The predicted molar refractivity (Wildman–Crippen MR) is 11.8 cm³/mol. The first-order valence-corrected chi connectivity index (χ1v) is 2.09. The molecule has 0 unspecified atom stereocenters. The van der Waals surface area contributed by atoms with Crippen molar-refractivity contribution in [2.45, 2.75) is 6.92 Å². The molecule has 0 N–H and O–H groups in total. The van der Waals surface area contributed by atoms with Gasteiger partial charge in [0, 0.05) is 0 Å². The predicted octanol–water partition coefficient (Wildman–Crippen LogP) is 0.0113. The molecule has 31 valence electrons. The first kappa shape index (κ1) is 5.11. The summed E-state index contributed by atoms with van der Waals surface area (Å²) in [5.74, 6) is -0.233. The first-order valence-electron chi connectivity index (χ1n) is 1.05. The van der Waals surface area contributed by atoms with Gasteiger partial charge >= 0.3 is 40.2 Å². The summed E-state index contributed by atoms with van der Waals surface area (Å²) >= 11 is 1.18. The van der Waals surface area contributed by atoms with Crippen molar-refractivity contribution in [1.82, 2.24) is 0 Å². The van der Waals surface area contributed by atoms with Gasteiger partial charge in [0.1, 0.15) is 0 Å². The number of rotatable bonds is 0. The van der Waals surface area contributed by atoms with Crippen molar-refractivity contribution in [2.75, 3.05) is 0 Å². The van der Waals surface area contributed by atoms with E-state index >= 15 is 0 Å². The monoisotopic (exact) mass is 251 g/mol. The Morgan fingerprint density at radius 3 is 2.20 bits per heavy atom. The molecule has 0 aromatic heterocycles. The summed E-state index contributed by atoms with van der Waals surface area (Å²) in [6.07, 6.45) is 0. The second kappa shape index (κ2) is 2.35. The van der Waals surface area contributed by atoms with Crippen molar-refractivity contribution in [3.05, 3.63) is 0 Å². The fourth-order valence-corrected chi connectivity index (χ4v) is 0. The van der Waals surface area contributed by atoms with Crippen LogP contribution in [0.1, 0.15) is 6.92 Å². The normalized spacial score (nSPS) is 6.80. The van der Waals surface area contributed by atoms with Crippen molar-refractivity contribution < 1.29 is 27.3 Å². The van der Waals surface area contributed by atoms with Crippen LogP contribution < -0.4 is 0 Å². The Kier molecular flexibility index (Phi) is 2.40. The van der Waals surface area contributed by atoms with E-state index in [-0.39, 0.29) is 5.97 Å². The van der Waals surface area contributed by atoms with E-state index in [1.807, 2.05) is 0 Å². The maximum absolute atomic E-state index is 9.60. The quantitative estimate of drug-likeness (QED) is 0.604. The Bertz CT molecular complexity index is 42.9. The molecule has 0 rings (SSSR count). The third-order valence-corrected chi connectivity index (χ3v) is 0.832. The summed E-state index contributed by atoms with van der Waals surface area (Å²) in [6.45, 7) is 1.37. The molecular weight excluding hydrogens is 246 g/mol. The molecule has 0 spiro atoms. The molecule has 2 nitrogen and oxygen atoms in total. The fourth-order valence-electron chi connectivity index (χ4n) is 0. The van der Waals surface area contributed by atoms with Crippen molar-refractivity contribution in [3.8, 4) is 0 Å². The van der Waals surface area contributed by atoms with E-state index < -0.39 is 0 Å². The van der Waals surface area contributed by atoms with Gasteiger partial charge in [0.15, 0.2) is 0 Å². The van der Waals surface area contributed by atoms with Crippen LogP contribution in [0.3, 0.4) is 0 Å². The summed E-state index contributed by atoms with van der Waals surface area (Å²) < 4.78 is 4.14. The van der Waals surface area contributed by atoms with Crippen LogP contribution in [0.4, 0.5) is 0 Å². The van der Waals surface area contributed by atoms with Gasteiger partial charge in [0.2, 0.25) is 0 Å². The molecule has 0 amide bonds. The summed E-state index contributed by atoms with van der Waals surface area (Å²) in [4.78, 5) is 9.60. The van der Waals surface area contributed by atoms with E-state index in [0.717, 1.165) is 0 Å². The first-order chi connectivity index (χ1) is 2.27.